The molecule has 0 saturated carbocycles. The lowest BCUT2D eigenvalue weighted by Crippen LogP contribution is -2.40. The molecule has 23 heavy (non-hydrogen) atoms. The third-order valence-corrected chi connectivity index (χ3v) is 5.24. The smallest absolute Gasteiger partial charge is 0.317 e. The van der Waals surface area contributed by atoms with Gasteiger partial charge in [0, 0.05) is 18.0 Å². The van der Waals surface area contributed by atoms with Gasteiger partial charge in [0.25, 0.3) is 5.91 Å². The van der Waals surface area contributed by atoms with Gasteiger partial charge < -0.3 is 9.64 Å². The van der Waals surface area contributed by atoms with Gasteiger partial charge in [-0.25, -0.2) is 0 Å². The van der Waals surface area contributed by atoms with Gasteiger partial charge in [0.1, 0.15) is 0 Å². The zero-order valence-corrected chi connectivity index (χ0v) is 14.9. The maximum atomic E-state index is 12.3. The largest absolute Gasteiger partial charge is 0.452 e. The van der Waals surface area contributed by atoms with E-state index in [0.717, 1.165) is 43.7 Å². The quantitative estimate of drug-likeness (QED) is 0.596. The summed E-state index contributed by atoms with van der Waals surface area (Å²) in [4.78, 5) is 26.9. The van der Waals surface area contributed by atoms with E-state index in [9.17, 15) is 9.59 Å². The Morgan fingerprint density at radius 3 is 2.52 bits per heavy atom. The van der Waals surface area contributed by atoms with Crippen LogP contribution in [-0.4, -0.2) is 41.7 Å². The summed E-state index contributed by atoms with van der Waals surface area (Å²) in [6.45, 7) is 3.16. The predicted molar refractivity (Wildman–Crippen MR) is 92.8 cm³/mol. The lowest BCUT2D eigenvalue weighted by atomic mass is 10.2. The molecule has 0 spiro atoms. The SMILES string of the molecule is CC(OC(=O)CSc1ccccc1Cl)C(=O)N1CCCCCC1. The molecule has 0 aliphatic carbocycles. The number of likely N-dealkylation sites (tertiary alicyclic amines) is 1. The number of hydrogen-bond donors (Lipinski definition) is 0. The summed E-state index contributed by atoms with van der Waals surface area (Å²) in [6.07, 6.45) is 3.63. The van der Waals surface area contributed by atoms with Crippen LogP contribution in [0, 0.1) is 0 Å². The zero-order chi connectivity index (χ0) is 16.7. The fraction of sp³-hybridized carbons (Fsp3) is 0.529. The van der Waals surface area contributed by atoms with Crippen LogP contribution in [0.3, 0.4) is 0 Å². The number of esters is 1. The van der Waals surface area contributed by atoms with Crippen LogP contribution in [0.4, 0.5) is 0 Å². The van der Waals surface area contributed by atoms with Crippen molar-refractivity contribution in [2.45, 2.75) is 43.6 Å². The molecule has 1 aliphatic rings. The van der Waals surface area contributed by atoms with Crippen molar-refractivity contribution in [2.75, 3.05) is 18.8 Å². The number of halogens is 1. The number of ether oxygens (including phenoxy) is 1. The van der Waals surface area contributed by atoms with Gasteiger partial charge in [-0.05, 0) is 31.9 Å². The van der Waals surface area contributed by atoms with Crippen molar-refractivity contribution in [1.82, 2.24) is 4.90 Å². The fourth-order valence-corrected chi connectivity index (χ4v) is 3.55. The second-order valence-electron chi connectivity index (χ2n) is 5.59. The molecule has 1 aromatic carbocycles. The van der Waals surface area contributed by atoms with E-state index in [2.05, 4.69) is 0 Å². The highest BCUT2D eigenvalue weighted by molar-refractivity contribution is 8.00. The van der Waals surface area contributed by atoms with Crippen molar-refractivity contribution in [1.29, 1.82) is 0 Å². The first-order valence-corrected chi connectivity index (χ1v) is 9.30. The highest BCUT2D eigenvalue weighted by atomic mass is 35.5. The summed E-state index contributed by atoms with van der Waals surface area (Å²) < 4.78 is 5.27. The standard InChI is InChI=1S/C17H22ClNO3S/c1-13(17(21)19-10-6-2-3-7-11-19)22-16(20)12-23-15-9-5-4-8-14(15)18/h4-5,8-9,13H,2-3,6-7,10-12H2,1H3. The summed E-state index contributed by atoms with van der Waals surface area (Å²) in [5.74, 6) is -0.352. The molecule has 1 aliphatic heterocycles. The molecule has 1 saturated heterocycles. The molecular weight excluding hydrogens is 334 g/mol. The lowest BCUT2D eigenvalue weighted by Gasteiger charge is -2.23. The number of rotatable bonds is 5. The van der Waals surface area contributed by atoms with Gasteiger partial charge in [-0.1, -0.05) is 36.6 Å². The number of carbonyl (C=O) groups excluding carboxylic acids is 2. The van der Waals surface area contributed by atoms with E-state index < -0.39 is 12.1 Å². The topological polar surface area (TPSA) is 46.6 Å². The molecule has 0 N–H and O–H groups in total. The van der Waals surface area contributed by atoms with Gasteiger partial charge in [0.15, 0.2) is 6.10 Å². The monoisotopic (exact) mass is 355 g/mol. The van der Waals surface area contributed by atoms with Crippen molar-refractivity contribution in [3.63, 3.8) is 0 Å². The van der Waals surface area contributed by atoms with Crippen LogP contribution in [-0.2, 0) is 14.3 Å². The molecule has 1 fully saturated rings. The molecule has 0 aromatic heterocycles. The molecule has 0 radical (unpaired) electrons. The van der Waals surface area contributed by atoms with Gasteiger partial charge in [-0.15, -0.1) is 11.8 Å². The van der Waals surface area contributed by atoms with Crippen LogP contribution in [0.25, 0.3) is 0 Å². The van der Waals surface area contributed by atoms with E-state index in [-0.39, 0.29) is 11.7 Å². The number of amides is 1. The molecule has 2 rings (SSSR count). The van der Waals surface area contributed by atoms with Crippen LogP contribution in [0.2, 0.25) is 5.02 Å². The van der Waals surface area contributed by atoms with E-state index >= 15 is 0 Å². The molecule has 1 amide bonds. The van der Waals surface area contributed by atoms with Gasteiger partial charge >= 0.3 is 5.97 Å². The third kappa shape index (κ3) is 5.74. The summed E-state index contributed by atoms with van der Waals surface area (Å²) in [6, 6.07) is 7.34. The average molecular weight is 356 g/mol. The minimum Gasteiger partial charge on any atom is -0.452 e. The Hall–Kier alpha value is -1.20. The van der Waals surface area contributed by atoms with Gasteiger partial charge in [0.2, 0.25) is 0 Å². The van der Waals surface area contributed by atoms with E-state index in [1.54, 1.807) is 13.0 Å². The minimum absolute atomic E-state index is 0.0945. The number of carbonyl (C=O) groups is 2. The summed E-state index contributed by atoms with van der Waals surface area (Å²) in [5, 5.41) is 0.610. The Morgan fingerprint density at radius 1 is 1.22 bits per heavy atom. The second kappa shape index (κ2) is 9.18. The first-order valence-electron chi connectivity index (χ1n) is 7.93. The normalized spacial score (nSPS) is 16.5. The van der Waals surface area contributed by atoms with Crippen molar-refractivity contribution < 1.29 is 14.3 Å². The van der Waals surface area contributed by atoms with Crippen LogP contribution in [0.5, 0.6) is 0 Å². The minimum atomic E-state index is -0.729. The Bertz CT molecular complexity index is 544. The van der Waals surface area contributed by atoms with E-state index in [1.165, 1.54) is 11.8 Å². The maximum Gasteiger partial charge on any atom is 0.317 e. The molecule has 6 heteroatoms. The first kappa shape index (κ1) is 18.1. The van der Waals surface area contributed by atoms with Crippen molar-refractivity contribution >= 4 is 35.2 Å². The Morgan fingerprint density at radius 2 is 1.87 bits per heavy atom. The predicted octanol–water partition coefficient (Wildman–Crippen LogP) is 3.77. The van der Waals surface area contributed by atoms with Gasteiger partial charge in [0.05, 0.1) is 10.8 Å². The van der Waals surface area contributed by atoms with E-state index in [0.29, 0.717) is 5.02 Å². The van der Waals surface area contributed by atoms with Crippen molar-refractivity contribution in [3.05, 3.63) is 29.3 Å². The molecule has 126 valence electrons. The third-order valence-electron chi connectivity index (χ3n) is 3.76. The lowest BCUT2D eigenvalue weighted by molar-refractivity contribution is -0.157. The van der Waals surface area contributed by atoms with Crippen LogP contribution in [0.1, 0.15) is 32.6 Å². The summed E-state index contributed by atoms with van der Waals surface area (Å²) >= 11 is 7.36. The van der Waals surface area contributed by atoms with Crippen LogP contribution < -0.4 is 0 Å². The Kier molecular flexibility index (Phi) is 7.24. The molecular formula is C17H22ClNO3S. The van der Waals surface area contributed by atoms with E-state index in [1.807, 2.05) is 23.1 Å². The number of thioether (sulfide) groups is 1. The second-order valence-corrected chi connectivity index (χ2v) is 7.02. The summed E-state index contributed by atoms with van der Waals surface area (Å²) in [5.41, 5.74) is 0. The fourth-order valence-electron chi connectivity index (χ4n) is 2.53. The molecule has 1 aromatic rings. The van der Waals surface area contributed by atoms with Gasteiger partial charge in [-0.2, -0.15) is 0 Å². The molecule has 4 nitrogen and oxygen atoms in total. The van der Waals surface area contributed by atoms with Crippen molar-refractivity contribution in [2.24, 2.45) is 0 Å². The van der Waals surface area contributed by atoms with E-state index in [4.69, 9.17) is 16.3 Å². The number of hydrogen-bond acceptors (Lipinski definition) is 4. The number of nitrogens with zero attached hydrogens (tertiary/aromatic N) is 1. The Labute approximate surface area is 146 Å². The molecule has 1 heterocycles. The summed E-state index contributed by atoms with van der Waals surface area (Å²) in [7, 11) is 0. The average Bonchev–Trinajstić information content (AvgIpc) is 2.82. The van der Waals surface area contributed by atoms with Gasteiger partial charge in [-0.3, -0.25) is 9.59 Å². The molecule has 1 atom stereocenters. The number of benzene rings is 1. The zero-order valence-electron chi connectivity index (χ0n) is 13.3. The molecule has 1 unspecified atom stereocenters. The highest BCUT2D eigenvalue weighted by Gasteiger charge is 2.24. The maximum absolute atomic E-state index is 12.3. The molecule has 0 bridgehead atoms. The van der Waals surface area contributed by atoms with Crippen molar-refractivity contribution in [3.8, 4) is 0 Å². The Balaban J connectivity index is 1.79. The van der Waals surface area contributed by atoms with Crippen LogP contribution >= 0.6 is 23.4 Å². The first-order chi connectivity index (χ1) is 11.1. The van der Waals surface area contributed by atoms with Crippen LogP contribution in [0.15, 0.2) is 29.2 Å². The highest BCUT2D eigenvalue weighted by Crippen LogP contribution is 2.26.